The summed E-state index contributed by atoms with van der Waals surface area (Å²) >= 11 is 0. The molecule has 4 rings (SSSR count). The molecule has 2 N–H and O–H groups in total. The lowest BCUT2D eigenvalue weighted by Gasteiger charge is -2.09. The van der Waals surface area contributed by atoms with E-state index >= 15 is 0 Å². The average molecular weight is 396 g/mol. The number of anilines is 3. The van der Waals surface area contributed by atoms with Gasteiger partial charge in [-0.25, -0.2) is 0 Å². The Hall–Kier alpha value is -4.19. The number of amides is 1. The highest BCUT2D eigenvalue weighted by Crippen LogP contribution is 2.23. The van der Waals surface area contributed by atoms with Crippen molar-refractivity contribution in [3.63, 3.8) is 0 Å². The minimum atomic E-state index is -0.177. The van der Waals surface area contributed by atoms with Gasteiger partial charge < -0.3 is 15.4 Å². The highest BCUT2D eigenvalue weighted by atomic mass is 16.5. The maximum atomic E-state index is 12.5. The third-order valence-corrected chi connectivity index (χ3v) is 4.33. The molecule has 0 spiro atoms. The number of aromatic nitrogens is 2. The molecule has 1 amide bonds. The fraction of sp³-hybridized carbons (Fsp3) is 0.0417. The minimum absolute atomic E-state index is 0.177. The van der Waals surface area contributed by atoms with Crippen molar-refractivity contribution in [3.8, 4) is 11.5 Å². The van der Waals surface area contributed by atoms with E-state index in [0.29, 0.717) is 22.7 Å². The fourth-order valence-corrected chi connectivity index (χ4v) is 2.85. The molecule has 0 saturated heterocycles. The Labute approximate surface area is 174 Å². The normalized spacial score (nSPS) is 10.3. The van der Waals surface area contributed by atoms with Crippen molar-refractivity contribution in [1.29, 1.82) is 0 Å². The number of carbonyl (C=O) groups is 1. The van der Waals surface area contributed by atoms with Crippen LogP contribution in [0.15, 0.2) is 91.4 Å². The monoisotopic (exact) mass is 396 g/mol. The van der Waals surface area contributed by atoms with Gasteiger partial charge in [0.2, 0.25) is 0 Å². The first-order valence-corrected chi connectivity index (χ1v) is 9.45. The van der Waals surface area contributed by atoms with Crippen LogP contribution in [0.25, 0.3) is 0 Å². The Morgan fingerprint density at radius 3 is 2.13 bits per heavy atom. The second-order valence-electron chi connectivity index (χ2n) is 6.65. The third-order valence-electron chi connectivity index (χ3n) is 4.33. The quantitative estimate of drug-likeness (QED) is 0.445. The number of nitrogens with zero attached hydrogens (tertiary/aromatic N) is 2. The van der Waals surface area contributed by atoms with E-state index in [9.17, 15) is 4.79 Å². The topological polar surface area (TPSA) is 76.1 Å². The molecule has 0 aliphatic rings. The Morgan fingerprint density at radius 2 is 1.43 bits per heavy atom. The Morgan fingerprint density at radius 1 is 0.767 bits per heavy atom. The van der Waals surface area contributed by atoms with E-state index in [0.717, 1.165) is 17.1 Å². The van der Waals surface area contributed by atoms with Gasteiger partial charge in [-0.05, 0) is 79.7 Å². The summed E-state index contributed by atoms with van der Waals surface area (Å²) in [5.41, 5.74) is 4.05. The van der Waals surface area contributed by atoms with Crippen molar-refractivity contribution in [2.24, 2.45) is 0 Å². The van der Waals surface area contributed by atoms with Crippen LogP contribution in [0.2, 0.25) is 0 Å². The van der Waals surface area contributed by atoms with Crippen LogP contribution in [0, 0.1) is 6.92 Å². The van der Waals surface area contributed by atoms with Crippen molar-refractivity contribution in [2.75, 3.05) is 10.6 Å². The molecule has 0 atom stereocenters. The van der Waals surface area contributed by atoms with Crippen molar-refractivity contribution in [1.82, 2.24) is 9.97 Å². The molecule has 6 heteroatoms. The number of hydrogen-bond acceptors (Lipinski definition) is 5. The molecule has 2 aromatic carbocycles. The first kappa shape index (κ1) is 19.1. The number of nitrogens with one attached hydrogen (secondary N) is 2. The van der Waals surface area contributed by atoms with Gasteiger partial charge in [-0.3, -0.25) is 14.8 Å². The Bertz CT molecular complexity index is 1130. The minimum Gasteiger partial charge on any atom is -0.457 e. The second-order valence-corrected chi connectivity index (χ2v) is 6.65. The first-order chi connectivity index (χ1) is 14.7. The number of carbonyl (C=O) groups excluding carboxylic acids is 1. The lowest BCUT2D eigenvalue weighted by atomic mass is 10.2. The molecule has 0 aliphatic heterocycles. The van der Waals surface area contributed by atoms with Gasteiger partial charge >= 0.3 is 0 Å². The lowest BCUT2D eigenvalue weighted by molar-refractivity contribution is 0.102. The van der Waals surface area contributed by atoms with Crippen molar-refractivity contribution in [3.05, 3.63) is 103 Å². The smallest absolute Gasteiger partial charge is 0.255 e. The van der Waals surface area contributed by atoms with Crippen LogP contribution >= 0.6 is 0 Å². The zero-order valence-corrected chi connectivity index (χ0v) is 16.4. The second kappa shape index (κ2) is 8.87. The molecule has 6 nitrogen and oxygen atoms in total. The summed E-state index contributed by atoms with van der Waals surface area (Å²) < 4.78 is 5.73. The number of pyridine rings is 2. The van der Waals surface area contributed by atoms with Gasteiger partial charge in [0.15, 0.2) is 0 Å². The van der Waals surface area contributed by atoms with Crippen LogP contribution in [0.4, 0.5) is 17.1 Å². The molecule has 0 aliphatic carbocycles. The van der Waals surface area contributed by atoms with Gasteiger partial charge in [0.25, 0.3) is 5.91 Å². The number of aryl methyl sites for hydroxylation is 1. The molecule has 4 aromatic rings. The van der Waals surface area contributed by atoms with Crippen LogP contribution < -0.4 is 15.4 Å². The number of ether oxygens (including phenoxy) is 1. The molecule has 2 heterocycles. The molecular weight excluding hydrogens is 376 g/mol. The molecule has 0 radical (unpaired) electrons. The lowest BCUT2D eigenvalue weighted by Crippen LogP contribution is -2.11. The van der Waals surface area contributed by atoms with Gasteiger partial charge in [0.1, 0.15) is 11.5 Å². The molecule has 2 aromatic heterocycles. The first-order valence-electron chi connectivity index (χ1n) is 9.45. The van der Waals surface area contributed by atoms with Crippen molar-refractivity contribution < 1.29 is 9.53 Å². The number of hydrogen-bond donors (Lipinski definition) is 2. The van der Waals surface area contributed by atoms with Gasteiger partial charge in [0, 0.05) is 46.9 Å². The maximum absolute atomic E-state index is 12.5. The standard InChI is InChI=1S/C24H20N4O2/c1-17-16-21(10-15-26-17)27-19-4-2-18(3-5-19)24(29)28-20-6-8-22(9-7-20)30-23-11-13-25-14-12-23/h2-16H,1H3,(H,26,27)(H,28,29). The number of rotatable bonds is 6. The molecule has 0 fully saturated rings. The maximum Gasteiger partial charge on any atom is 0.255 e. The Balaban J connectivity index is 1.36. The predicted octanol–water partition coefficient (Wildman–Crippen LogP) is 5.57. The molecule has 0 bridgehead atoms. The van der Waals surface area contributed by atoms with E-state index in [2.05, 4.69) is 20.6 Å². The van der Waals surface area contributed by atoms with Crippen LogP contribution in [0.3, 0.4) is 0 Å². The van der Waals surface area contributed by atoms with E-state index in [-0.39, 0.29) is 5.91 Å². The van der Waals surface area contributed by atoms with Crippen LogP contribution in [0.1, 0.15) is 16.1 Å². The largest absolute Gasteiger partial charge is 0.457 e. The van der Waals surface area contributed by atoms with E-state index in [1.807, 2.05) is 31.2 Å². The highest BCUT2D eigenvalue weighted by Gasteiger charge is 2.07. The highest BCUT2D eigenvalue weighted by molar-refractivity contribution is 6.04. The van der Waals surface area contributed by atoms with E-state index in [4.69, 9.17) is 4.74 Å². The molecule has 148 valence electrons. The van der Waals surface area contributed by atoms with E-state index < -0.39 is 0 Å². The summed E-state index contributed by atoms with van der Waals surface area (Å²) in [6.07, 6.45) is 5.10. The third kappa shape index (κ3) is 4.99. The van der Waals surface area contributed by atoms with E-state index in [1.165, 1.54) is 0 Å². The summed E-state index contributed by atoms with van der Waals surface area (Å²) in [4.78, 5) is 20.7. The predicted molar refractivity (Wildman–Crippen MR) is 117 cm³/mol. The summed E-state index contributed by atoms with van der Waals surface area (Å²) in [5, 5.41) is 6.19. The fourth-order valence-electron chi connectivity index (χ4n) is 2.85. The van der Waals surface area contributed by atoms with Gasteiger partial charge in [-0.2, -0.15) is 0 Å². The zero-order valence-electron chi connectivity index (χ0n) is 16.4. The summed E-state index contributed by atoms with van der Waals surface area (Å²) in [5.74, 6) is 1.21. The van der Waals surface area contributed by atoms with Gasteiger partial charge in [0.05, 0.1) is 0 Å². The van der Waals surface area contributed by atoms with Crippen LogP contribution in [-0.2, 0) is 0 Å². The van der Waals surface area contributed by atoms with Crippen LogP contribution in [0.5, 0.6) is 11.5 Å². The average Bonchev–Trinajstić information content (AvgIpc) is 2.76. The molecular formula is C24H20N4O2. The molecule has 0 unspecified atom stereocenters. The van der Waals surface area contributed by atoms with Crippen LogP contribution in [-0.4, -0.2) is 15.9 Å². The SMILES string of the molecule is Cc1cc(Nc2ccc(C(=O)Nc3ccc(Oc4ccncc4)cc3)cc2)ccn1. The van der Waals surface area contributed by atoms with E-state index in [1.54, 1.807) is 67.1 Å². The Kier molecular flexibility index (Phi) is 5.66. The zero-order chi connectivity index (χ0) is 20.8. The summed E-state index contributed by atoms with van der Waals surface area (Å²) in [6, 6.07) is 21.9. The van der Waals surface area contributed by atoms with Crippen molar-refractivity contribution >= 4 is 23.0 Å². The van der Waals surface area contributed by atoms with Crippen molar-refractivity contribution in [2.45, 2.75) is 6.92 Å². The summed E-state index contributed by atoms with van der Waals surface area (Å²) in [7, 11) is 0. The summed E-state index contributed by atoms with van der Waals surface area (Å²) in [6.45, 7) is 1.94. The molecule has 0 saturated carbocycles. The molecule has 30 heavy (non-hydrogen) atoms. The van der Waals surface area contributed by atoms with Gasteiger partial charge in [-0.1, -0.05) is 0 Å². The number of benzene rings is 2. The van der Waals surface area contributed by atoms with Gasteiger partial charge in [-0.15, -0.1) is 0 Å².